The number of hydrogen-bond donors (Lipinski definition) is 1. The fourth-order valence-corrected chi connectivity index (χ4v) is 2.43. The van der Waals surface area contributed by atoms with Crippen LogP contribution in [0.4, 0.5) is 0 Å². The van der Waals surface area contributed by atoms with E-state index in [0.717, 1.165) is 41.4 Å². The van der Waals surface area contributed by atoms with Gasteiger partial charge in [0.25, 0.3) is 0 Å². The summed E-state index contributed by atoms with van der Waals surface area (Å²) in [5.74, 6) is 1.07. The largest absolute Gasteiger partial charge is 0.328 e. The third-order valence-electron chi connectivity index (χ3n) is 3.05. The molecule has 0 fully saturated rings. The molecule has 2 aromatic rings. The first-order valence-electron chi connectivity index (χ1n) is 6.68. The summed E-state index contributed by atoms with van der Waals surface area (Å²) in [6.45, 7) is 4.14. The molecule has 2 rings (SSSR count). The van der Waals surface area contributed by atoms with Crippen LogP contribution in [0.5, 0.6) is 0 Å². The van der Waals surface area contributed by atoms with Crippen molar-refractivity contribution >= 4 is 11.6 Å². The Morgan fingerprint density at radius 1 is 1.42 bits per heavy atom. The van der Waals surface area contributed by atoms with E-state index in [4.69, 9.17) is 17.3 Å². The lowest BCUT2D eigenvalue weighted by Gasteiger charge is -2.11. The number of imidazole rings is 1. The summed E-state index contributed by atoms with van der Waals surface area (Å²) in [5, 5.41) is 0.769. The fourth-order valence-electron chi connectivity index (χ4n) is 2.18. The number of nitrogens with two attached hydrogens (primary N) is 1. The molecular formula is C15H20ClN3. The number of rotatable bonds is 5. The standard InChI is InChI=1S/C15H20ClN3/c1-3-4-15-18-7-8-19(15)13-6-5-12(9-11(2)17)14(16)10-13/h5-8,10-11H,3-4,9,17H2,1-2H3. The predicted octanol–water partition coefficient (Wildman–Crippen LogP) is 3.37. The Hall–Kier alpha value is -1.32. The maximum atomic E-state index is 6.33. The molecule has 0 aliphatic carbocycles. The van der Waals surface area contributed by atoms with Gasteiger partial charge in [-0.2, -0.15) is 0 Å². The van der Waals surface area contributed by atoms with Crippen LogP contribution in [0, 0.1) is 0 Å². The van der Waals surface area contributed by atoms with E-state index in [1.807, 2.05) is 25.4 Å². The minimum absolute atomic E-state index is 0.118. The number of halogens is 1. The van der Waals surface area contributed by atoms with Gasteiger partial charge < -0.3 is 10.3 Å². The Morgan fingerprint density at radius 2 is 2.21 bits per heavy atom. The maximum Gasteiger partial charge on any atom is 0.113 e. The lowest BCUT2D eigenvalue weighted by Crippen LogP contribution is -2.18. The average Bonchev–Trinajstić information content (AvgIpc) is 2.80. The normalized spacial score (nSPS) is 12.6. The minimum atomic E-state index is 0.118. The first-order chi connectivity index (χ1) is 9.11. The third kappa shape index (κ3) is 3.37. The zero-order chi connectivity index (χ0) is 13.8. The molecule has 0 amide bonds. The molecule has 102 valence electrons. The van der Waals surface area contributed by atoms with Gasteiger partial charge in [-0.15, -0.1) is 0 Å². The smallest absolute Gasteiger partial charge is 0.113 e. The molecule has 0 saturated carbocycles. The number of benzene rings is 1. The summed E-state index contributed by atoms with van der Waals surface area (Å²) in [6.07, 6.45) is 6.64. The fraction of sp³-hybridized carbons (Fsp3) is 0.400. The van der Waals surface area contributed by atoms with Gasteiger partial charge in [0.1, 0.15) is 5.82 Å². The molecule has 1 aromatic heterocycles. The lowest BCUT2D eigenvalue weighted by molar-refractivity contribution is 0.737. The van der Waals surface area contributed by atoms with Crippen molar-refractivity contribution in [3.63, 3.8) is 0 Å². The summed E-state index contributed by atoms with van der Waals surface area (Å²) in [6, 6.07) is 6.23. The zero-order valence-electron chi connectivity index (χ0n) is 11.4. The summed E-state index contributed by atoms with van der Waals surface area (Å²) in [4.78, 5) is 4.38. The zero-order valence-corrected chi connectivity index (χ0v) is 12.2. The molecule has 0 bridgehead atoms. The van der Waals surface area contributed by atoms with Crippen LogP contribution in [0.3, 0.4) is 0 Å². The highest BCUT2D eigenvalue weighted by molar-refractivity contribution is 6.31. The molecule has 1 aromatic carbocycles. The van der Waals surface area contributed by atoms with Crippen LogP contribution in [-0.2, 0) is 12.8 Å². The molecule has 4 heteroatoms. The van der Waals surface area contributed by atoms with Crippen molar-refractivity contribution in [2.75, 3.05) is 0 Å². The highest BCUT2D eigenvalue weighted by atomic mass is 35.5. The van der Waals surface area contributed by atoms with Gasteiger partial charge in [-0.3, -0.25) is 0 Å². The summed E-state index contributed by atoms with van der Waals surface area (Å²) in [7, 11) is 0. The molecule has 1 heterocycles. The second-order valence-corrected chi connectivity index (χ2v) is 5.33. The van der Waals surface area contributed by atoms with Gasteiger partial charge in [0.05, 0.1) is 0 Å². The van der Waals surface area contributed by atoms with Crippen molar-refractivity contribution in [1.82, 2.24) is 9.55 Å². The molecule has 19 heavy (non-hydrogen) atoms. The van der Waals surface area contributed by atoms with Gasteiger partial charge in [0, 0.05) is 35.6 Å². The Bertz CT molecular complexity index is 546. The Morgan fingerprint density at radius 3 is 2.84 bits per heavy atom. The second-order valence-electron chi connectivity index (χ2n) is 4.92. The van der Waals surface area contributed by atoms with E-state index in [1.165, 1.54) is 0 Å². The quantitative estimate of drug-likeness (QED) is 0.911. The molecule has 1 unspecified atom stereocenters. The molecule has 1 atom stereocenters. The number of aryl methyl sites for hydroxylation is 1. The number of hydrogen-bond acceptors (Lipinski definition) is 2. The van der Waals surface area contributed by atoms with Crippen LogP contribution in [0.1, 0.15) is 31.7 Å². The molecule has 0 spiro atoms. The Labute approximate surface area is 119 Å². The SMILES string of the molecule is CCCc1nccn1-c1ccc(CC(C)N)c(Cl)c1. The predicted molar refractivity (Wildman–Crippen MR) is 79.9 cm³/mol. The van der Waals surface area contributed by atoms with Crippen LogP contribution in [0.2, 0.25) is 5.02 Å². The van der Waals surface area contributed by atoms with Gasteiger partial charge in [-0.1, -0.05) is 24.6 Å². The van der Waals surface area contributed by atoms with E-state index < -0.39 is 0 Å². The van der Waals surface area contributed by atoms with Crippen molar-refractivity contribution in [2.24, 2.45) is 5.73 Å². The van der Waals surface area contributed by atoms with Crippen molar-refractivity contribution in [3.05, 3.63) is 47.0 Å². The Balaban J connectivity index is 2.31. The highest BCUT2D eigenvalue weighted by Gasteiger charge is 2.08. The van der Waals surface area contributed by atoms with Crippen molar-refractivity contribution < 1.29 is 0 Å². The summed E-state index contributed by atoms with van der Waals surface area (Å²) >= 11 is 6.33. The summed E-state index contributed by atoms with van der Waals surface area (Å²) < 4.78 is 2.09. The molecule has 0 saturated heterocycles. The van der Waals surface area contributed by atoms with Crippen LogP contribution in [0.15, 0.2) is 30.6 Å². The van der Waals surface area contributed by atoms with E-state index in [0.29, 0.717) is 0 Å². The summed E-state index contributed by atoms with van der Waals surface area (Å²) in [5.41, 5.74) is 7.97. The van der Waals surface area contributed by atoms with E-state index in [9.17, 15) is 0 Å². The molecule has 3 nitrogen and oxygen atoms in total. The van der Waals surface area contributed by atoms with Crippen LogP contribution in [0.25, 0.3) is 5.69 Å². The second kappa shape index (κ2) is 6.22. The van der Waals surface area contributed by atoms with E-state index in [-0.39, 0.29) is 6.04 Å². The Kier molecular flexibility index (Phi) is 4.61. The number of aromatic nitrogens is 2. The first kappa shape index (κ1) is 14.1. The maximum absolute atomic E-state index is 6.33. The highest BCUT2D eigenvalue weighted by Crippen LogP contribution is 2.22. The van der Waals surface area contributed by atoms with Gasteiger partial charge in [0.15, 0.2) is 0 Å². The third-order valence-corrected chi connectivity index (χ3v) is 3.40. The molecule has 0 radical (unpaired) electrons. The van der Waals surface area contributed by atoms with Gasteiger partial charge in [0.2, 0.25) is 0 Å². The monoisotopic (exact) mass is 277 g/mol. The van der Waals surface area contributed by atoms with Crippen molar-refractivity contribution in [2.45, 2.75) is 39.2 Å². The van der Waals surface area contributed by atoms with Crippen LogP contribution >= 0.6 is 11.6 Å². The molecule has 0 aliphatic rings. The van der Waals surface area contributed by atoms with Gasteiger partial charge >= 0.3 is 0 Å². The van der Waals surface area contributed by atoms with Gasteiger partial charge in [-0.05, 0) is 37.5 Å². The molecular weight excluding hydrogens is 258 g/mol. The van der Waals surface area contributed by atoms with E-state index in [2.05, 4.69) is 28.6 Å². The van der Waals surface area contributed by atoms with Gasteiger partial charge in [-0.25, -0.2) is 4.98 Å². The lowest BCUT2D eigenvalue weighted by atomic mass is 10.1. The molecule has 2 N–H and O–H groups in total. The van der Waals surface area contributed by atoms with E-state index in [1.54, 1.807) is 0 Å². The van der Waals surface area contributed by atoms with E-state index >= 15 is 0 Å². The molecule has 0 aliphatic heterocycles. The average molecular weight is 278 g/mol. The topological polar surface area (TPSA) is 43.8 Å². The van der Waals surface area contributed by atoms with Crippen LogP contribution < -0.4 is 5.73 Å². The van der Waals surface area contributed by atoms with Crippen LogP contribution in [-0.4, -0.2) is 15.6 Å². The number of nitrogens with zero attached hydrogens (tertiary/aromatic N) is 2. The minimum Gasteiger partial charge on any atom is -0.328 e. The van der Waals surface area contributed by atoms with Crippen molar-refractivity contribution in [3.8, 4) is 5.69 Å². The van der Waals surface area contributed by atoms with Crippen molar-refractivity contribution in [1.29, 1.82) is 0 Å². The first-order valence-corrected chi connectivity index (χ1v) is 7.06.